The molecule has 0 radical (unpaired) electrons. The molecule has 3 amide bonds. The first-order valence-electron chi connectivity index (χ1n) is 9.42. The first-order chi connectivity index (χ1) is 13.8. The van der Waals surface area contributed by atoms with Crippen LogP contribution in [0.15, 0.2) is 0 Å². The van der Waals surface area contributed by atoms with Crippen molar-refractivity contribution in [1.82, 2.24) is 14.8 Å². The molecule has 30 heavy (non-hydrogen) atoms. The Morgan fingerprint density at radius 1 is 1.30 bits per heavy atom. The van der Waals surface area contributed by atoms with Gasteiger partial charge in [-0.3, -0.25) is 9.59 Å². The number of nitrogens with one attached hydrogen (secondary N) is 1. The Labute approximate surface area is 175 Å². The van der Waals surface area contributed by atoms with Gasteiger partial charge in [-0.25, -0.2) is 9.78 Å². The van der Waals surface area contributed by atoms with E-state index in [-0.39, 0.29) is 13.0 Å². The van der Waals surface area contributed by atoms with Crippen molar-refractivity contribution in [1.29, 1.82) is 0 Å². The molecule has 1 saturated heterocycles. The monoisotopic (exact) mass is 448 g/mol. The first kappa shape index (κ1) is 22.3. The van der Waals surface area contributed by atoms with Gasteiger partial charge in [-0.15, -0.1) is 0 Å². The number of nitrogens with zero attached hydrogens (tertiary/aromatic N) is 3. The molecule has 1 aromatic heterocycles. The minimum Gasteiger partial charge on any atom is -0.444 e. The number of rotatable bonds is 3. The fourth-order valence-corrected chi connectivity index (χ4v) is 4.28. The maximum Gasteiger partial charge on any atom is 0.410 e. The van der Waals surface area contributed by atoms with E-state index in [0.717, 1.165) is 10.6 Å². The summed E-state index contributed by atoms with van der Waals surface area (Å²) in [6.07, 6.45) is -4.70. The van der Waals surface area contributed by atoms with Gasteiger partial charge in [0.05, 0.1) is 18.2 Å². The zero-order chi connectivity index (χ0) is 22.3. The predicted octanol–water partition coefficient (Wildman–Crippen LogP) is 2.79. The van der Waals surface area contributed by atoms with Gasteiger partial charge in [0.25, 0.3) is 0 Å². The number of hydrogen-bond acceptors (Lipinski definition) is 6. The van der Waals surface area contributed by atoms with E-state index in [9.17, 15) is 27.6 Å². The van der Waals surface area contributed by atoms with Gasteiger partial charge >= 0.3 is 12.3 Å². The molecule has 0 aliphatic carbocycles. The van der Waals surface area contributed by atoms with Crippen LogP contribution in [0.3, 0.4) is 0 Å². The molecule has 1 atom stereocenters. The number of anilines is 1. The van der Waals surface area contributed by atoms with E-state index in [1.165, 1.54) is 11.3 Å². The average Bonchev–Trinajstić information content (AvgIpc) is 3.14. The first-order valence-corrected chi connectivity index (χ1v) is 10.2. The van der Waals surface area contributed by atoms with Crippen molar-refractivity contribution in [2.24, 2.45) is 5.92 Å². The number of ether oxygens (including phenoxy) is 1. The van der Waals surface area contributed by atoms with E-state index in [2.05, 4.69) is 10.3 Å². The number of likely N-dealkylation sites (tertiary alicyclic amines) is 1. The van der Waals surface area contributed by atoms with Gasteiger partial charge in [0.2, 0.25) is 11.8 Å². The van der Waals surface area contributed by atoms with Gasteiger partial charge in [0.15, 0.2) is 5.13 Å². The number of hydrogen-bond donors (Lipinski definition) is 1. The van der Waals surface area contributed by atoms with Crippen LogP contribution in [0, 0.1) is 5.92 Å². The van der Waals surface area contributed by atoms with Gasteiger partial charge in [-0.05, 0) is 20.8 Å². The molecule has 0 spiro atoms. The molecular weight excluding hydrogens is 425 g/mol. The lowest BCUT2D eigenvalue weighted by Crippen LogP contribution is -2.39. The topological polar surface area (TPSA) is 91.8 Å². The van der Waals surface area contributed by atoms with Crippen molar-refractivity contribution in [3.8, 4) is 0 Å². The fourth-order valence-electron chi connectivity index (χ4n) is 3.26. The third-order valence-electron chi connectivity index (χ3n) is 4.57. The molecule has 12 heteroatoms. The Morgan fingerprint density at radius 3 is 2.63 bits per heavy atom. The Balaban J connectivity index is 1.59. The average molecular weight is 448 g/mol. The van der Waals surface area contributed by atoms with E-state index in [1.807, 2.05) is 0 Å². The van der Waals surface area contributed by atoms with Crippen LogP contribution in [-0.2, 0) is 27.3 Å². The highest BCUT2D eigenvalue weighted by Crippen LogP contribution is 2.30. The largest absolute Gasteiger partial charge is 0.444 e. The second kappa shape index (κ2) is 8.05. The van der Waals surface area contributed by atoms with Gasteiger partial charge in [0, 0.05) is 30.8 Å². The lowest BCUT2D eigenvalue weighted by molar-refractivity contribution is -0.157. The van der Waals surface area contributed by atoms with E-state index in [4.69, 9.17) is 4.74 Å². The quantitative estimate of drug-likeness (QED) is 0.768. The molecule has 8 nitrogen and oxygen atoms in total. The second-order valence-corrected chi connectivity index (χ2v) is 9.40. The van der Waals surface area contributed by atoms with Gasteiger partial charge in [0.1, 0.15) is 12.1 Å². The SMILES string of the molecule is CC(C)(C)OC(=O)N1CCc2nc(NC(=O)C3CC(=O)N(CC(F)(F)F)C3)sc2C1. The standard InChI is InChI=1S/C18H23F3N4O4S/c1-17(2,3)29-16(28)24-5-4-11-12(8-24)30-15(22-11)23-14(27)10-6-13(26)25(7-10)9-18(19,20)21/h10H,4-9H2,1-3H3,(H,22,23,27). The number of carbonyl (C=O) groups is 3. The van der Waals surface area contributed by atoms with Crippen molar-refractivity contribution >= 4 is 34.4 Å². The summed E-state index contributed by atoms with van der Waals surface area (Å²) in [7, 11) is 0. The zero-order valence-corrected chi connectivity index (χ0v) is 17.7. The van der Waals surface area contributed by atoms with Crippen LogP contribution >= 0.6 is 11.3 Å². The molecule has 2 aliphatic heterocycles. The van der Waals surface area contributed by atoms with Crippen molar-refractivity contribution in [3.63, 3.8) is 0 Å². The maximum atomic E-state index is 12.5. The second-order valence-electron chi connectivity index (χ2n) is 8.32. The predicted molar refractivity (Wildman–Crippen MR) is 102 cm³/mol. The molecule has 1 fully saturated rings. The van der Waals surface area contributed by atoms with Crippen LogP contribution in [0.1, 0.15) is 37.8 Å². The van der Waals surface area contributed by atoms with Crippen LogP contribution in [0.25, 0.3) is 0 Å². The van der Waals surface area contributed by atoms with E-state index in [1.54, 1.807) is 25.7 Å². The van der Waals surface area contributed by atoms with E-state index in [0.29, 0.717) is 29.5 Å². The van der Waals surface area contributed by atoms with Crippen molar-refractivity contribution in [2.75, 3.05) is 25.0 Å². The summed E-state index contributed by atoms with van der Waals surface area (Å²) in [5.41, 5.74) is 0.152. The van der Waals surface area contributed by atoms with Gasteiger partial charge in [-0.1, -0.05) is 11.3 Å². The number of thiazole rings is 1. The molecule has 0 saturated carbocycles. The van der Waals surface area contributed by atoms with E-state index >= 15 is 0 Å². The lowest BCUT2D eigenvalue weighted by Gasteiger charge is -2.29. The number of aromatic nitrogens is 1. The molecule has 166 valence electrons. The highest BCUT2D eigenvalue weighted by molar-refractivity contribution is 7.15. The lowest BCUT2D eigenvalue weighted by atomic mass is 10.1. The zero-order valence-electron chi connectivity index (χ0n) is 16.8. The molecule has 1 aromatic rings. The summed E-state index contributed by atoms with van der Waals surface area (Å²) in [6, 6.07) is 0. The summed E-state index contributed by atoms with van der Waals surface area (Å²) in [4.78, 5) is 43.8. The van der Waals surface area contributed by atoms with Crippen LogP contribution in [0.4, 0.5) is 23.1 Å². The number of fused-ring (bicyclic) bond motifs is 1. The number of alkyl halides is 3. The molecule has 0 bridgehead atoms. The van der Waals surface area contributed by atoms with Crippen LogP contribution in [0.2, 0.25) is 0 Å². The summed E-state index contributed by atoms with van der Waals surface area (Å²) >= 11 is 1.20. The highest BCUT2D eigenvalue weighted by Gasteiger charge is 2.41. The Morgan fingerprint density at radius 2 is 2.00 bits per heavy atom. The number of carbonyl (C=O) groups excluding carboxylic acids is 3. The summed E-state index contributed by atoms with van der Waals surface area (Å²) in [5, 5.41) is 2.90. The highest BCUT2D eigenvalue weighted by atomic mass is 32.1. The molecular formula is C18H23F3N4O4S. The molecule has 3 rings (SSSR count). The third-order valence-corrected chi connectivity index (χ3v) is 5.57. The van der Waals surface area contributed by atoms with Crippen LogP contribution in [-0.4, -0.2) is 64.1 Å². The van der Waals surface area contributed by atoms with Gasteiger partial charge < -0.3 is 19.9 Å². The summed E-state index contributed by atoms with van der Waals surface area (Å²) in [6.45, 7) is 4.45. The van der Waals surface area contributed by atoms with Crippen molar-refractivity contribution in [2.45, 2.75) is 51.9 Å². The molecule has 1 N–H and O–H groups in total. The van der Waals surface area contributed by atoms with Gasteiger partial charge in [-0.2, -0.15) is 13.2 Å². The van der Waals surface area contributed by atoms with Crippen molar-refractivity contribution in [3.05, 3.63) is 10.6 Å². The third kappa shape index (κ3) is 5.61. The van der Waals surface area contributed by atoms with Crippen LogP contribution < -0.4 is 5.32 Å². The molecule has 1 unspecified atom stereocenters. The maximum absolute atomic E-state index is 12.5. The van der Waals surface area contributed by atoms with Crippen LogP contribution in [0.5, 0.6) is 0 Å². The summed E-state index contributed by atoms with van der Waals surface area (Å²) in [5.74, 6) is -2.10. The minimum atomic E-state index is -4.50. The normalized spacial score (nSPS) is 19.7. The molecule has 2 aliphatic rings. The fraction of sp³-hybridized carbons (Fsp3) is 0.667. The summed E-state index contributed by atoms with van der Waals surface area (Å²) < 4.78 is 43.0. The Kier molecular flexibility index (Phi) is 5.99. The van der Waals surface area contributed by atoms with Crippen molar-refractivity contribution < 1.29 is 32.3 Å². The number of halogens is 3. The Bertz CT molecular complexity index is 849. The smallest absolute Gasteiger partial charge is 0.410 e. The molecule has 3 heterocycles. The minimum absolute atomic E-state index is 0.264. The Hall–Kier alpha value is -2.37. The molecule has 0 aromatic carbocycles. The van der Waals surface area contributed by atoms with E-state index < -0.39 is 42.1 Å². The number of amides is 3.